The molecule has 0 spiro atoms. The summed E-state index contributed by atoms with van der Waals surface area (Å²) in [6.07, 6.45) is 7.31. The number of piperidine rings is 1. The highest BCUT2D eigenvalue weighted by Crippen LogP contribution is 2.29. The zero-order chi connectivity index (χ0) is 14.5. The molecule has 2 N–H and O–H groups in total. The van der Waals surface area contributed by atoms with Crippen LogP contribution in [-0.4, -0.2) is 38.3 Å². The van der Waals surface area contributed by atoms with Crippen molar-refractivity contribution >= 4 is 17.2 Å². The van der Waals surface area contributed by atoms with Crippen LogP contribution in [0, 0.1) is 0 Å². The zero-order valence-electron chi connectivity index (χ0n) is 12.5. The number of aryl methyl sites for hydroxylation is 2. The minimum absolute atomic E-state index is 0.0586. The maximum atomic E-state index is 12.1. The van der Waals surface area contributed by atoms with Gasteiger partial charge in [0.15, 0.2) is 0 Å². The summed E-state index contributed by atoms with van der Waals surface area (Å²) in [5.74, 6) is 0.0586. The Morgan fingerprint density at radius 3 is 2.95 bits per heavy atom. The van der Waals surface area contributed by atoms with Crippen LogP contribution in [0.3, 0.4) is 0 Å². The van der Waals surface area contributed by atoms with Crippen molar-refractivity contribution in [3.8, 4) is 0 Å². The number of fused-ring (bicyclic) bond motifs is 1. The standard InChI is InChI=1S/C16H24N2O2S/c19-16(15-11-12-3-1-2-4-14(12)21-15)18-9-10-20-13-5-7-17-8-6-13/h11,13,17H,1-10H2,(H,18,19). The molecule has 0 aromatic carbocycles. The van der Waals surface area contributed by atoms with E-state index in [9.17, 15) is 4.79 Å². The predicted molar refractivity (Wildman–Crippen MR) is 85.1 cm³/mol. The van der Waals surface area contributed by atoms with E-state index in [4.69, 9.17) is 4.74 Å². The van der Waals surface area contributed by atoms with Crippen molar-refractivity contribution in [3.05, 3.63) is 21.4 Å². The fraction of sp³-hybridized carbons (Fsp3) is 0.688. The number of ether oxygens (including phenoxy) is 1. The summed E-state index contributed by atoms with van der Waals surface area (Å²) < 4.78 is 5.80. The molecule has 1 aromatic rings. The highest BCUT2D eigenvalue weighted by atomic mass is 32.1. The summed E-state index contributed by atoms with van der Waals surface area (Å²) in [5.41, 5.74) is 1.39. The molecular weight excluding hydrogens is 284 g/mol. The fourth-order valence-electron chi connectivity index (χ4n) is 3.04. The normalized spacial score (nSPS) is 19.2. The van der Waals surface area contributed by atoms with Crippen molar-refractivity contribution in [1.29, 1.82) is 0 Å². The molecule has 0 unspecified atom stereocenters. The second-order valence-corrected chi connectivity index (χ2v) is 6.98. The van der Waals surface area contributed by atoms with Crippen molar-refractivity contribution in [1.82, 2.24) is 10.6 Å². The van der Waals surface area contributed by atoms with Gasteiger partial charge in [-0.15, -0.1) is 11.3 Å². The summed E-state index contributed by atoms with van der Waals surface area (Å²) >= 11 is 1.67. The van der Waals surface area contributed by atoms with Crippen LogP contribution in [-0.2, 0) is 17.6 Å². The number of nitrogens with one attached hydrogen (secondary N) is 2. The van der Waals surface area contributed by atoms with E-state index >= 15 is 0 Å². The molecular formula is C16H24N2O2S. The summed E-state index contributed by atoms with van der Waals surface area (Å²) in [4.78, 5) is 14.4. The van der Waals surface area contributed by atoms with Gasteiger partial charge < -0.3 is 15.4 Å². The fourth-order valence-corrected chi connectivity index (χ4v) is 4.21. The second kappa shape index (κ2) is 7.38. The van der Waals surface area contributed by atoms with Crippen LogP contribution in [0.2, 0.25) is 0 Å². The number of carbonyl (C=O) groups is 1. The quantitative estimate of drug-likeness (QED) is 0.819. The molecule has 1 fully saturated rings. The maximum absolute atomic E-state index is 12.1. The van der Waals surface area contributed by atoms with Crippen molar-refractivity contribution < 1.29 is 9.53 Å². The van der Waals surface area contributed by atoms with E-state index < -0.39 is 0 Å². The first-order valence-corrected chi connectivity index (χ1v) is 8.86. The van der Waals surface area contributed by atoms with Crippen LogP contribution in [0.5, 0.6) is 0 Å². The van der Waals surface area contributed by atoms with E-state index in [1.54, 1.807) is 11.3 Å². The lowest BCUT2D eigenvalue weighted by Gasteiger charge is -2.22. The molecule has 116 valence electrons. The molecule has 5 heteroatoms. The van der Waals surface area contributed by atoms with Crippen LogP contribution in [0.1, 0.15) is 45.8 Å². The molecule has 1 aliphatic carbocycles. The molecule has 0 bridgehead atoms. The van der Waals surface area contributed by atoms with E-state index in [1.807, 2.05) is 0 Å². The Morgan fingerprint density at radius 1 is 1.33 bits per heavy atom. The minimum atomic E-state index is 0.0586. The van der Waals surface area contributed by atoms with Gasteiger partial charge in [-0.1, -0.05) is 0 Å². The molecule has 1 amide bonds. The Kier molecular flexibility index (Phi) is 5.27. The monoisotopic (exact) mass is 308 g/mol. The average Bonchev–Trinajstić information content (AvgIpc) is 2.96. The Labute approximate surface area is 130 Å². The smallest absolute Gasteiger partial charge is 0.261 e. The highest BCUT2D eigenvalue weighted by Gasteiger charge is 2.17. The Balaban J connectivity index is 1.40. The maximum Gasteiger partial charge on any atom is 0.261 e. The Morgan fingerprint density at radius 2 is 2.14 bits per heavy atom. The number of amides is 1. The van der Waals surface area contributed by atoms with Crippen LogP contribution >= 0.6 is 11.3 Å². The average molecular weight is 308 g/mol. The van der Waals surface area contributed by atoms with Gasteiger partial charge in [0.25, 0.3) is 5.91 Å². The Hall–Kier alpha value is -0.910. The number of thiophene rings is 1. The molecule has 2 heterocycles. The second-order valence-electron chi connectivity index (χ2n) is 5.84. The van der Waals surface area contributed by atoms with Gasteiger partial charge in [0.1, 0.15) is 0 Å². The third-order valence-corrected chi connectivity index (χ3v) is 5.48. The van der Waals surface area contributed by atoms with E-state index in [2.05, 4.69) is 16.7 Å². The molecule has 2 aliphatic rings. The first kappa shape index (κ1) is 15.0. The predicted octanol–water partition coefficient (Wildman–Crippen LogP) is 2.13. The van der Waals surface area contributed by atoms with Gasteiger partial charge in [0.2, 0.25) is 0 Å². The molecule has 1 aromatic heterocycles. The molecule has 3 rings (SSSR count). The molecule has 0 atom stereocenters. The molecule has 1 aliphatic heterocycles. The number of rotatable bonds is 5. The van der Waals surface area contributed by atoms with Crippen LogP contribution in [0.25, 0.3) is 0 Å². The summed E-state index contributed by atoms with van der Waals surface area (Å²) in [5, 5.41) is 6.30. The number of carbonyl (C=O) groups excluding carboxylic acids is 1. The minimum Gasteiger partial charge on any atom is -0.376 e. The van der Waals surface area contributed by atoms with Gasteiger partial charge in [-0.3, -0.25) is 4.79 Å². The number of hydrogen-bond donors (Lipinski definition) is 2. The van der Waals surface area contributed by atoms with Gasteiger partial charge >= 0.3 is 0 Å². The largest absolute Gasteiger partial charge is 0.376 e. The lowest BCUT2D eigenvalue weighted by atomic mass is 9.99. The molecule has 21 heavy (non-hydrogen) atoms. The lowest BCUT2D eigenvalue weighted by molar-refractivity contribution is 0.0343. The summed E-state index contributed by atoms with van der Waals surface area (Å²) in [6, 6.07) is 2.09. The number of hydrogen-bond acceptors (Lipinski definition) is 4. The van der Waals surface area contributed by atoms with E-state index in [0.717, 1.165) is 43.6 Å². The summed E-state index contributed by atoms with van der Waals surface area (Å²) in [7, 11) is 0. The lowest BCUT2D eigenvalue weighted by Crippen LogP contribution is -2.34. The van der Waals surface area contributed by atoms with Gasteiger partial charge in [-0.25, -0.2) is 0 Å². The first-order chi connectivity index (χ1) is 10.3. The van der Waals surface area contributed by atoms with Crippen LogP contribution in [0.15, 0.2) is 6.07 Å². The van der Waals surface area contributed by atoms with E-state index in [0.29, 0.717) is 19.3 Å². The van der Waals surface area contributed by atoms with Crippen molar-refractivity contribution in [2.75, 3.05) is 26.2 Å². The van der Waals surface area contributed by atoms with Crippen molar-refractivity contribution in [3.63, 3.8) is 0 Å². The third-order valence-electron chi connectivity index (χ3n) is 4.25. The van der Waals surface area contributed by atoms with Gasteiger partial charge in [-0.05, 0) is 63.2 Å². The molecule has 4 nitrogen and oxygen atoms in total. The van der Waals surface area contributed by atoms with Crippen molar-refractivity contribution in [2.24, 2.45) is 0 Å². The first-order valence-electron chi connectivity index (χ1n) is 8.05. The highest BCUT2D eigenvalue weighted by molar-refractivity contribution is 7.14. The topological polar surface area (TPSA) is 50.4 Å². The van der Waals surface area contributed by atoms with Gasteiger partial charge in [0.05, 0.1) is 17.6 Å². The molecule has 0 saturated carbocycles. The molecule has 0 radical (unpaired) electrons. The summed E-state index contributed by atoms with van der Waals surface area (Å²) in [6.45, 7) is 3.29. The third kappa shape index (κ3) is 4.05. The van der Waals surface area contributed by atoms with E-state index in [-0.39, 0.29) is 5.91 Å². The van der Waals surface area contributed by atoms with Crippen LogP contribution < -0.4 is 10.6 Å². The van der Waals surface area contributed by atoms with Crippen LogP contribution in [0.4, 0.5) is 0 Å². The molecule has 1 saturated heterocycles. The Bertz CT molecular complexity index is 457. The van der Waals surface area contributed by atoms with Crippen molar-refractivity contribution in [2.45, 2.75) is 44.6 Å². The van der Waals surface area contributed by atoms with Gasteiger partial charge in [0, 0.05) is 11.4 Å². The SMILES string of the molecule is O=C(NCCOC1CCNCC1)c1cc2c(s1)CCCC2. The zero-order valence-corrected chi connectivity index (χ0v) is 13.3. The van der Waals surface area contributed by atoms with Gasteiger partial charge in [-0.2, -0.15) is 0 Å². The van der Waals surface area contributed by atoms with E-state index in [1.165, 1.54) is 23.3 Å².